The van der Waals surface area contributed by atoms with E-state index in [0.717, 1.165) is 0 Å². The van der Waals surface area contributed by atoms with Gasteiger partial charge in [-0.15, -0.1) is 11.6 Å². The lowest BCUT2D eigenvalue weighted by atomic mass is 10.2. The van der Waals surface area contributed by atoms with Crippen molar-refractivity contribution < 1.29 is 10.2 Å². The highest BCUT2D eigenvalue weighted by Gasteiger charge is 2.11. The van der Waals surface area contributed by atoms with Gasteiger partial charge in [-0.2, -0.15) is 0 Å². The van der Waals surface area contributed by atoms with Crippen molar-refractivity contribution >= 4 is 22.5 Å². The standard InChI is InChI=1S/C10H9ClN2O3/c11-4-3-7-12-9-6(15)2-1-5(14)8(9)10(16)13-7/h1-2,14-15H,3-4H2,(H,12,13,16). The Morgan fingerprint density at radius 3 is 2.69 bits per heavy atom. The van der Waals surface area contributed by atoms with Crippen LogP contribution in [0.1, 0.15) is 5.82 Å². The lowest BCUT2D eigenvalue weighted by Gasteiger charge is -2.04. The smallest absolute Gasteiger partial charge is 0.262 e. The van der Waals surface area contributed by atoms with Crippen LogP contribution in [-0.4, -0.2) is 26.1 Å². The number of nitrogens with one attached hydrogen (secondary N) is 1. The second-order valence-electron chi connectivity index (χ2n) is 3.28. The number of aryl methyl sites for hydroxylation is 1. The van der Waals surface area contributed by atoms with E-state index in [2.05, 4.69) is 9.97 Å². The fraction of sp³-hybridized carbons (Fsp3) is 0.200. The number of fused-ring (bicyclic) bond motifs is 1. The fourth-order valence-corrected chi connectivity index (χ4v) is 1.65. The molecular formula is C10H9ClN2O3. The number of aromatic amines is 1. The molecule has 0 spiro atoms. The van der Waals surface area contributed by atoms with Crippen LogP contribution in [0.2, 0.25) is 0 Å². The van der Waals surface area contributed by atoms with E-state index in [1.807, 2.05) is 0 Å². The number of alkyl halides is 1. The van der Waals surface area contributed by atoms with E-state index in [9.17, 15) is 15.0 Å². The second kappa shape index (κ2) is 4.02. The first-order valence-corrected chi connectivity index (χ1v) is 5.16. The number of nitrogens with zero attached hydrogens (tertiary/aromatic N) is 1. The van der Waals surface area contributed by atoms with E-state index in [4.69, 9.17) is 11.6 Å². The van der Waals surface area contributed by atoms with Crippen molar-refractivity contribution in [2.45, 2.75) is 6.42 Å². The molecule has 0 radical (unpaired) electrons. The molecule has 2 aromatic rings. The van der Waals surface area contributed by atoms with E-state index < -0.39 is 5.56 Å². The Balaban J connectivity index is 2.81. The molecule has 6 heteroatoms. The molecule has 0 aliphatic heterocycles. The number of rotatable bonds is 2. The maximum absolute atomic E-state index is 11.6. The topological polar surface area (TPSA) is 86.2 Å². The summed E-state index contributed by atoms with van der Waals surface area (Å²) in [6.45, 7) is 0. The second-order valence-corrected chi connectivity index (χ2v) is 3.66. The number of H-pyrrole nitrogens is 1. The van der Waals surface area contributed by atoms with E-state index in [-0.39, 0.29) is 22.4 Å². The summed E-state index contributed by atoms with van der Waals surface area (Å²) < 4.78 is 0. The van der Waals surface area contributed by atoms with Crippen LogP contribution in [0.3, 0.4) is 0 Å². The first-order chi connectivity index (χ1) is 7.63. The van der Waals surface area contributed by atoms with Gasteiger partial charge < -0.3 is 15.2 Å². The molecule has 1 aromatic heterocycles. The molecule has 0 aliphatic carbocycles. The van der Waals surface area contributed by atoms with E-state index in [1.165, 1.54) is 12.1 Å². The number of phenolic OH excluding ortho intramolecular Hbond substituents is 2. The third-order valence-corrected chi connectivity index (χ3v) is 2.39. The molecule has 1 aromatic carbocycles. The molecule has 0 atom stereocenters. The summed E-state index contributed by atoms with van der Waals surface area (Å²) in [5.74, 6) is 0.343. The van der Waals surface area contributed by atoms with Crippen molar-refractivity contribution in [1.82, 2.24) is 9.97 Å². The Labute approximate surface area is 95.3 Å². The third-order valence-electron chi connectivity index (χ3n) is 2.20. The van der Waals surface area contributed by atoms with E-state index in [1.54, 1.807) is 0 Å². The van der Waals surface area contributed by atoms with Gasteiger partial charge in [0.1, 0.15) is 28.2 Å². The minimum absolute atomic E-state index is 0.0154. The summed E-state index contributed by atoms with van der Waals surface area (Å²) >= 11 is 5.54. The minimum Gasteiger partial charge on any atom is -0.507 e. The molecule has 0 amide bonds. The zero-order valence-corrected chi connectivity index (χ0v) is 8.95. The quantitative estimate of drug-likeness (QED) is 0.542. The Bertz CT molecular complexity index is 594. The Hall–Kier alpha value is -1.75. The maximum Gasteiger partial charge on any atom is 0.262 e. The van der Waals surface area contributed by atoms with Crippen LogP contribution in [0, 0.1) is 0 Å². The fourth-order valence-electron chi connectivity index (χ4n) is 1.47. The third kappa shape index (κ3) is 1.69. The Morgan fingerprint density at radius 1 is 1.31 bits per heavy atom. The lowest BCUT2D eigenvalue weighted by molar-refractivity contribution is 0.467. The first kappa shape index (κ1) is 10.8. The molecule has 84 valence electrons. The van der Waals surface area contributed by atoms with Gasteiger partial charge in [0.2, 0.25) is 0 Å². The van der Waals surface area contributed by atoms with Crippen LogP contribution in [0.5, 0.6) is 11.5 Å². The highest BCUT2D eigenvalue weighted by Crippen LogP contribution is 2.27. The number of halogens is 1. The van der Waals surface area contributed by atoms with Gasteiger partial charge in [0.05, 0.1) is 0 Å². The molecule has 0 saturated carbocycles. The number of hydrogen-bond donors (Lipinski definition) is 3. The van der Waals surface area contributed by atoms with Crippen molar-refractivity contribution in [3.63, 3.8) is 0 Å². The number of benzene rings is 1. The van der Waals surface area contributed by atoms with Crippen LogP contribution < -0.4 is 5.56 Å². The highest BCUT2D eigenvalue weighted by atomic mass is 35.5. The summed E-state index contributed by atoms with van der Waals surface area (Å²) in [5, 5.41) is 19.0. The van der Waals surface area contributed by atoms with Crippen molar-refractivity contribution in [2.24, 2.45) is 0 Å². The number of aromatic nitrogens is 2. The molecule has 2 rings (SSSR count). The van der Waals surface area contributed by atoms with Gasteiger partial charge in [0, 0.05) is 12.3 Å². The van der Waals surface area contributed by atoms with Crippen LogP contribution in [0.25, 0.3) is 10.9 Å². The summed E-state index contributed by atoms with van der Waals surface area (Å²) in [6.07, 6.45) is 0.391. The molecule has 0 bridgehead atoms. The maximum atomic E-state index is 11.6. The van der Waals surface area contributed by atoms with Gasteiger partial charge in [-0.05, 0) is 12.1 Å². The average Bonchev–Trinajstić information content (AvgIpc) is 2.23. The number of phenols is 2. The Kier molecular flexibility index (Phi) is 2.70. The largest absolute Gasteiger partial charge is 0.507 e. The predicted octanol–water partition coefficient (Wildman–Crippen LogP) is 1.12. The van der Waals surface area contributed by atoms with Crippen LogP contribution in [0.4, 0.5) is 0 Å². The number of hydrogen-bond acceptors (Lipinski definition) is 4. The number of aromatic hydroxyl groups is 2. The van der Waals surface area contributed by atoms with Gasteiger partial charge in [0.15, 0.2) is 0 Å². The molecule has 5 nitrogen and oxygen atoms in total. The molecule has 16 heavy (non-hydrogen) atoms. The summed E-state index contributed by atoms with van der Waals surface area (Å²) in [7, 11) is 0. The summed E-state index contributed by atoms with van der Waals surface area (Å²) in [6, 6.07) is 2.53. The molecule has 0 saturated heterocycles. The molecule has 0 fully saturated rings. The molecule has 1 heterocycles. The zero-order valence-electron chi connectivity index (χ0n) is 8.20. The van der Waals surface area contributed by atoms with Gasteiger partial charge in [0.25, 0.3) is 5.56 Å². The Morgan fingerprint density at radius 2 is 2.00 bits per heavy atom. The average molecular weight is 241 g/mol. The summed E-state index contributed by atoms with van der Waals surface area (Å²) in [4.78, 5) is 18.2. The molecular weight excluding hydrogens is 232 g/mol. The van der Waals surface area contributed by atoms with Gasteiger partial charge >= 0.3 is 0 Å². The van der Waals surface area contributed by atoms with Crippen molar-refractivity contribution in [2.75, 3.05) is 5.88 Å². The monoisotopic (exact) mass is 240 g/mol. The van der Waals surface area contributed by atoms with Crippen molar-refractivity contribution in [3.05, 3.63) is 28.3 Å². The predicted molar refractivity (Wildman–Crippen MR) is 60.1 cm³/mol. The zero-order chi connectivity index (χ0) is 11.7. The highest BCUT2D eigenvalue weighted by molar-refractivity contribution is 6.17. The minimum atomic E-state index is -0.487. The van der Waals surface area contributed by atoms with Crippen LogP contribution >= 0.6 is 11.6 Å². The van der Waals surface area contributed by atoms with Gasteiger partial charge in [-0.3, -0.25) is 4.79 Å². The molecule has 0 unspecified atom stereocenters. The van der Waals surface area contributed by atoms with E-state index in [0.29, 0.717) is 18.1 Å². The SMILES string of the molecule is O=c1[nH]c(CCCl)nc2c(O)ccc(O)c12. The van der Waals surface area contributed by atoms with E-state index >= 15 is 0 Å². The lowest BCUT2D eigenvalue weighted by Crippen LogP contribution is -2.12. The first-order valence-electron chi connectivity index (χ1n) is 4.63. The van der Waals surface area contributed by atoms with Crippen LogP contribution in [0.15, 0.2) is 16.9 Å². The van der Waals surface area contributed by atoms with Gasteiger partial charge in [-0.1, -0.05) is 0 Å². The molecule has 0 aliphatic rings. The van der Waals surface area contributed by atoms with Crippen molar-refractivity contribution in [1.29, 1.82) is 0 Å². The normalized spacial score (nSPS) is 10.8. The van der Waals surface area contributed by atoms with Crippen LogP contribution in [-0.2, 0) is 6.42 Å². The van der Waals surface area contributed by atoms with Crippen molar-refractivity contribution in [3.8, 4) is 11.5 Å². The molecule has 3 N–H and O–H groups in total. The summed E-state index contributed by atoms with van der Waals surface area (Å²) in [5.41, 5.74) is -0.401. The van der Waals surface area contributed by atoms with Gasteiger partial charge in [-0.25, -0.2) is 4.98 Å².